The average Bonchev–Trinajstić information content (AvgIpc) is 3.28. The molecule has 4 aliphatic carbocycles. The fraction of sp³-hybridized carbons (Fsp3) is 0.900. The van der Waals surface area contributed by atoms with E-state index in [0.717, 1.165) is 25.7 Å². The van der Waals surface area contributed by atoms with Gasteiger partial charge < -0.3 is 14.9 Å². The van der Waals surface area contributed by atoms with E-state index in [0.29, 0.717) is 30.8 Å². The Kier molecular flexibility index (Phi) is 5.62. The van der Waals surface area contributed by atoms with Gasteiger partial charge >= 0.3 is 0 Å². The third-order valence-electron chi connectivity index (χ3n) is 12.4. The standard InChI is InChI=1S/C30H48O4/c1-18(2)25(32)30(33)16-19(17-34-30)20-10-14-29(7)22-8-9-23-26(3,4)24(31)12-13-27(23,5)21(22)11-15-28(20,29)6/h8,18-21,23-24,31,33H,9-17H2,1-7H3/t19-,20+,21+,23+,24-,27-,28+,29-,30?/m1/s1. The van der Waals surface area contributed by atoms with E-state index in [4.69, 9.17) is 4.74 Å². The van der Waals surface area contributed by atoms with Crippen molar-refractivity contribution in [3.63, 3.8) is 0 Å². The molecule has 0 aromatic rings. The molecule has 2 N–H and O–H groups in total. The fourth-order valence-electron chi connectivity index (χ4n) is 10.1. The lowest BCUT2D eigenvalue weighted by Gasteiger charge is -2.64. The number of ketones is 1. The Morgan fingerprint density at radius 3 is 2.44 bits per heavy atom. The zero-order valence-corrected chi connectivity index (χ0v) is 22.6. The lowest BCUT2D eigenvalue weighted by molar-refractivity contribution is -0.189. The second-order valence-electron chi connectivity index (χ2n) is 14.4. The van der Waals surface area contributed by atoms with Gasteiger partial charge in [0.2, 0.25) is 5.79 Å². The molecule has 9 atom stereocenters. The highest BCUT2D eigenvalue weighted by atomic mass is 16.6. The van der Waals surface area contributed by atoms with Gasteiger partial charge in [0.05, 0.1) is 12.7 Å². The lowest BCUT2D eigenvalue weighted by Crippen LogP contribution is -2.58. The molecule has 0 amide bonds. The third kappa shape index (κ3) is 3.10. The summed E-state index contributed by atoms with van der Waals surface area (Å²) in [6.07, 6.45) is 10.7. The summed E-state index contributed by atoms with van der Waals surface area (Å²) >= 11 is 0. The van der Waals surface area contributed by atoms with E-state index in [-0.39, 0.29) is 45.4 Å². The minimum Gasteiger partial charge on any atom is -0.393 e. The molecule has 192 valence electrons. The highest BCUT2D eigenvalue weighted by Crippen LogP contribution is 2.73. The first-order valence-corrected chi connectivity index (χ1v) is 14.0. The minimum absolute atomic E-state index is 0.0382. The van der Waals surface area contributed by atoms with Crippen LogP contribution in [-0.4, -0.2) is 34.5 Å². The first-order valence-electron chi connectivity index (χ1n) is 14.0. The molecule has 1 aliphatic heterocycles. The molecule has 1 heterocycles. The van der Waals surface area contributed by atoms with E-state index >= 15 is 0 Å². The van der Waals surface area contributed by atoms with Crippen molar-refractivity contribution in [1.29, 1.82) is 0 Å². The van der Waals surface area contributed by atoms with Gasteiger partial charge in [-0.1, -0.05) is 60.1 Å². The third-order valence-corrected chi connectivity index (χ3v) is 12.4. The Balaban J connectivity index is 1.44. The summed E-state index contributed by atoms with van der Waals surface area (Å²) < 4.78 is 5.84. The van der Waals surface area contributed by atoms with Crippen LogP contribution in [0.4, 0.5) is 0 Å². The Bertz CT molecular complexity index is 890. The summed E-state index contributed by atoms with van der Waals surface area (Å²) in [7, 11) is 0. The molecule has 0 bridgehead atoms. The Morgan fingerprint density at radius 2 is 1.76 bits per heavy atom. The van der Waals surface area contributed by atoms with Crippen molar-refractivity contribution in [2.45, 2.75) is 112 Å². The number of Topliss-reactive ketones (excluding diaryl/α,β-unsaturated/α-hetero) is 1. The number of carbonyl (C=O) groups excluding carboxylic acids is 1. The van der Waals surface area contributed by atoms with Crippen molar-refractivity contribution in [2.24, 2.45) is 51.2 Å². The van der Waals surface area contributed by atoms with E-state index in [1.165, 1.54) is 19.3 Å². The lowest BCUT2D eigenvalue weighted by atomic mass is 9.41. The van der Waals surface area contributed by atoms with Gasteiger partial charge in [-0.15, -0.1) is 0 Å². The quantitative estimate of drug-likeness (QED) is 0.502. The van der Waals surface area contributed by atoms with E-state index in [2.05, 4.69) is 40.7 Å². The van der Waals surface area contributed by atoms with Gasteiger partial charge in [0.25, 0.3) is 0 Å². The number of aliphatic hydroxyl groups excluding tert-OH is 1. The largest absolute Gasteiger partial charge is 0.393 e. The van der Waals surface area contributed by atoms with E-state index < -0.39 is 5.79 Å². The number of aliphatic hydroxyl groups is 2. The van der Waals surface area contributed by atoms with Crippen LogP contribution in [0.5, 0.6) is 0 Å². The molecular formula is C30H48O4. The van der Waals surface area contributed by atoms with Gasteiger partial charge in [0.1, 0.15) is 0 Å². The summed E-state index contributed by atoms with van der Waals surface area (Å²) in [5.74, 6) is -0.124. The highest BCUT2D eigenvalue weighted by molar-refractivity contribution is 5.87. The van der Waals surface area contributed by atoms with Gasteiger partial charge in [-0.3, -0.25) is 4.79 Å². The normalized spacial score (nSPS) is 52.1. The van der Waals surface area contributed by atoms with Crippen molar-refractivity contribution in [3.8, 4) is 0 Å². The summed E-state index contributed by atoms with van der Waals surface area (Å²) in [4.78, 5) is 12.7. The second kappa shape index (κ2) is 7.65. The number of fused-ring (bicyclic) bond motifs is 5. The summed E-state index contributed by atoms with van der Waals surface area (Å²) in [6, 6.07) is 0. The monoisotopic (exact) mass is 472 g/mol. The Hall–Kier alpha value is -0.710. The Labute approximate surface area is 206 Å². The smallest absolute Gasteiger partial charge is 0.227 e. The molecule has 5 aliphatic rings. The van der Waals surface area contributed by atoms with Crippen LogP contribution in [0, 0.1) is 51.2 Å². The van der Waals surface area contributed by atoms with Crippen molar-refractivity contribution >= 4 is 5.78 Å². The topological polar surface area (TPSA) is 66.8 Å². The predicted molar refractivity (Wildman–Crippen MR) is 134 cm³/mol. The molecule has 4 fully saturated rings. The second-order valence-corrected chi connectivity index (χ2v) is 14.4. The van der Waals surface area contributed by atoms with Crippen LogP contribution < -0.4 is 0 Å². The van der Waals surface area contributed by atoms with E-state index in [9.17, 15) is 15.0 Å². The maximum absolute atomic E-state index is 12.7. The van der Waals surface area contributed by atoms with Crippen molar-refractivity contribution in [2.75, 3.05) is 6.61 Å². The minimum atomic E-state index is -1.59. The number of carbonyl (C=O) groups is 1. The number of rotatable bonds is 3. The van der Waals surface area contributed by atoms with Gasteiger partial charge in [-0.25, -0.2) is 0 Å². The average molecular weight is 473 g/mol. The van der Waals surface area contributed by atoms with Gasteiger partial charge in [-0.05, 0) is 90.3 Å². The van der Waals surface area contributed by atoms with Crippen molar-refractivity contribution < 1.29 is 19.7 Å². The molecule has 34 heavy (non-hydrogen) atoms. The molecule has 0 spiro atoms. The molecule has 1 unspecified atom stereocenters. The van der Waals surface area contributed by atoms with Crippen LogP contribution in [0.25, 0.3) is 0 Å². The van der Waals surface area contributed by atoms with Crippen LogP contribution in [0.15, 0.2) is 11.6 Å². The van der Waals surface area contributed by atoms with Crippen LogP contribution in [0.1, 0.15) is 99.8 Å². The van der Waals surface area contributed by atoms with Crippen LogP contribution in [-0.2, 0) is 9.53 Å². The zero-order chi connectivity index (χ0) is 24.9. The molecule has 4 heteroatoms. The summed E-state index contributed by atoms with van der Waals surface area (Å²) in [6.45, 7) is 16.3. The van der Waals surface area contributed by atoms with E-state index in [1.807, 2.05) is 13.8 Å². The predicted octanol–water partition coefficient (Wildman–Crippen LogP) is 5.90. The number of hydrogen-bond donors (Lipinski definition) is 2. The first-order chi connectivity index (χ1) is 15.7. The number of allylic oxidation sites excluding steroid dienone is 2. The van der Waals surface area contributed by atoms with Crippen LogP contribution in [0.3, 0.4) is 0 Å². The molecule has 5 rings (SSSR count). The van der Waals surface area contributed by atoms with E-state index in [1.54, 1.807) is 5.57 Å². The number of hydrogen-bond acceptors (Lipinski definition) is 4. The maximum atomic E-state index is 12.7. The van der Waals surface area contributed by atoms with Crippen LogP contribution in [0.2, 0.25) is 0 Å². The molecule has 0 aromatic carbocycles. The van der Waals surface area contributed by atoms with Crippen molar-refractivity contribution in [3.05, 3.63) is 11.6 Å². The van der Waals surface area contributed by atoms with Gasteiger partial charge in [0.15, 0.2) is 5.78 Å². The summed E-state index contributed by atoms with van der Waals surface area (Å²) in [5.41, 5.74) is 2.25. The number of ether oxygens (including phenoxy) is 1. The highest BCUT2D eigenvalue weighted by Gasteiger charge is 2.66. The van der Waals surface area contributed by atoms with Gasteiger partial charge in [0, 0.05) is 12.3 Å². The Morgan fingerprint density at radius 1 is 1.06 bits per heavy atom. The van der Waals surface area contributed by atoms with Crippen molar-refractivity contribution in [1.82, 2.24) is 0 Å². The fourth-order valence-corrected chi connectivity index (χ4v) is 10.1. The summed E-state index contributed by atoms with van der Waals surface area (Å²) in [5, 5.41) is 21.8. The maximum Gasteiger partial charge on any atom is 0.227 e. The molecule has 0 aromatic heterocycles. The molecular weight excluding hydrogens is 424 g/mol. The molecule has 0 radical (unpaired) electrons. The zero-order valence-electron chi connectivity index (χ0n) is 22.6. The SMILES string of the molecule is CC(C)C(=O)C1(O)C[C@@H]([C@@H]2CC[C@]3(C)C4=CC[C@H]5C(C)(C)[C@H](O)CC[C@]5(C)[C@H]4CC[C@@]23C)CO1. The molecule has 3 saturated carbocycles. The van der Waals surface area contributed by atoms with Gasteiger partial charge in [-0.2, -0.15) is 0 Å². The van der Waals surface area contributed by atoms with Crippen LogP contribution >= 0.6 is 0 Å². The molecule has 1 saturated heterocycles. The first kappa shape index (κ1) is 25.0. The molecule has 4 nitrogen and oxygen atoms in total.